The first-order valence-electron chi connectivity index (χ1n) is 12.4. The van der Waals surface area contributed by atoms with Crippen molar-refractivity contribution in [1.29, 1.82) is 0 Å². The lowest BCUT2D eigenvalue weighted by atomic mass is 9.89. The minimum Gasteiger partial charge on any atom is -0.490 e. The third-order valence-corrected chi connectivity index (χ3v) is 7.59. The maximum absolute atomic E-state index is 14.2. The molecule has 2 atom stereocenters. The molecule has 0 radical (unpaired) electrons. The Bertz CT molecular complexity index is 1010. The first-order chi connectivity index (χ1) is 16.1. The molecule has 1 saturated heterocycles. The lowest BCUT2D eigenvalue weighted by Crippen LogP contribution is -2.37. The molecule has 1 saturated carbocycles. The maximum atomic E-state index is 14.2. The molecular weight excluding hydrogens is 443 g/mol. The zero-order valence-electron chi connectivity index (χ0n) is 19.9. The predicted octanol–water partition coefficient (Wildman–Crippen LogP) is 7.06. The summed E-state index contributed by atoms with van der Waals surface area (Å²) in [6, 6.07) is 8.37. The van der Waals surface area contributed by atoms with Gasteiger partial charge in [-0.3, -0.25) is 9.69 Å². The van der Waals surface area contributed by atoms with Crippen LogP contribution in [-0.4, -0.2) is 35.2 Å². The summed E-state index contributed by atoms with van der Waals surface area (Å²) in [6.45, 7) is 5.75. The highest BCUT2D eigenvalue weighted by molar-refractivity contribution is 5.89. The molecule has 186 valence electrons. The predicted molar refractivity (Wildman–Crippen MR) is 126 cm³/mol. The van der Waals surface area contributed by atoms with E-state index in [0.29, 0.717) is 17.8 Å². The molecule has 34 heavy (non-hydrogen) atoms. The van der Waals surface area contributed by atoms with E-state index in [1.54, 1.807) is 18.2 Å². The fraction of sp³-hybridized carbons (Fsp3) is 0.593. The van der Waals surface area contributed by atoms with E-state index >= 15 is 0 Å². The van der Waals surface area contributed by atoms with Gasteiger partial charge in [0.1, 0.15) is 11.3 Å². The molecule has 1 aliphatic carbocycles. The number of hydrogen-bond acceptors (Lipinski definition) is 3. The second-order valence-corrected chi connectivity index (χ2v) is 10.2. The Morgan fingerprint density at radius 2 is 1.88 bits per heavy atom. The third-order valence-electron chi connectivity index (χ3n) is 7.59. The Hall–Kier alpha value is -2.28. The first-order valence-corrected chi connectivity index (χ1v) is 12.4. The number of carboxylic acid groups (broad SMARTS) is 1. The van der Waals surface area contributed by atoms with Crippen LogP contribution >= 0.6 is 0 Å². The van der Waals surface area contributed by atoms with Gasteiger partial charge >= 0.3 is 12.1 Å². The molecular formula is C27H34F3NO3. The molecule has 2 fully saturated rings. The van der Waals surface area contributed by atoms with E-state index in [-0.39, 0.29) is 35.6 Å². The SMILES string of the molecule is CC1CCC(Oc2ccc3cc([C@H](C)N4CCC[C@H](CC(=O)O)C4)ccc3c2C(F)(F)F)CC1. The van der Waals surface area contributed by atoms with Crippen molar-refractivity contribution in [3.8, 4) is 5.75 Å². The Balaban J connectivity index is 1.59. The number of benzene rings is 2. The number of aliphatic carboxylic acids is 1. The zero-order chi connectivity index (χ0) is 24.5. The van der Waals surface area contributed by atoms with Crippen molar-refractivity contribution in [1.82, 2.24) is 4.90 Å². The van der Waals surface area contributed by atoms with E-state index < -0.39 is 17.7 Å². The number of nitrogens with zero attached hydrogens (tertiary/aromatic N) is 1. The van der Waals surface area contributed by atoms with Gasteiger partial charge in [-0.2, -0.15) is 13.2 Å². The van der Waals surface area contributed by atoms with Crippen LogP contribution in [0.5, 0.6) is 5.75 Å². The van der Waals surface area contributed by atoms with Gasteiger partial charge < -0.3 is 9.84 Å². The summed E-state index contributed by atoms with van der Waals surface area (Å²) in [5.74, 6) is -0.162. The van der Waals surface area contributed by atoms with Crippen LogP contribution in [-0.2, 0) is 11.0 Å². The molecule has 4 rings (SSSR count). The Morgan fingerprint density at radius 3 is 2.56 bits per heavy atom. The van der Waals surface area contributed by atoms with Gasteiger partial charge in [-0.15, -0.1) is 0 Å². The molecule has 0 spiro atoms. The van der Waals surface area contributed by atoms with Gasteiger partial charge in [0, 0.05) is 19.0 Å². The summed E-state index contributed by atoms with van der Waals surface area (Å²) in [7, 11) is 0. The lowest BCUT2D eigenvalue weighted by Gasteiger charge is -2.36. The average Bonchev–Trinajstić information content (AvgIpc) is 2.78. The van der Waals surface area contributed by atoms with Crippen LogP contribution in [0, 0.1) is 11.8 Å². The highest BCUT2D eigenvalue weighted by atomic mass is 19.4. The number of ether oxygens (including phenoxy) is 1. The van der Waals surface area contributed by atoms with Crippen LogP contribution in [0.4, 0.5) is 13.2 Å². The summed E-state index contributed by atoms with van der Waals surface area (Å²) in [5.41, 5.74) is 0.244. The van der Waals surface area contributed by atoms with Gasteiger partial charge in [0.25, 0.3) is 0 Å². The van der Waals surface area contributed by atoms with Crippen molar-refractivity contribution in [2.24, 2.45) is 11.8 Å². The summed E-state index contributed by atoms with van der Waals surface area (Å²) < 4.78 is 48.4. The van der Waals surface area contributed by atoms with Gasteiger partial charge in [-0.1, -0.05) is 25.1 Å². The molecule has 0 bridgehead atoms. The summed E-state index contributed by atoms with van der Waals surface area (Å²) in [6.07, 6.45) is 0.804. The van der Waals surface area contributed by atoms with E-state index in [1.165, 1.54) is 6.07 Å². The normalized spacial score (nSPS) is 25.3. The maximum Gasteiger partial charge on any atom is 0.420 e. The summed E-state index contributed by atoms with van der Waals surface area (Å²) in [4.78, 5) is 13.4. The van der Waals surface area contributed by atoms with Crippen LogP contribution in [0.1, 0.15) is 76.0 Å². The number of halogens is 3. The summed E-state index contributed by atoms with van der Waals surface area (Å²) in [5, 5.41) is 9.84. The van der Waals surface area contributed by atoms with E-state index in [4.69, 9.17) is 9.84 Å². The molecule has 2 aliphatic rings. The number of fused-ring (bicyclic) bond motifs is 1. The molecule has 4 nitrogen and oxygen atoms in total. The Kier molecular flexibility index (Phi) is 7.41. The standard InChI is InChI=1S/C27H34F3NO3/c1-17-5-9-22(10-6-17)34-24-12-8-21-15-20(7-11-23(21)26(24)27(28,29)30)18(2)31-13-3-4-19(16-31)14-25(32)33/h7-8,11-12,15,17-19,22H,3-6,9-10,13-14,16H2,1-2H3,(H,32,33)/t17?,18-,19+,22?/m0/s1. The van der Waals surface area contributed by atoms with Crippen LogP contribution in [0.2, 0.25) is 0 Å². The van der Waals surface area contributed by atoms with Gasteiger partial charge in [-0.25, -0.2) is 0 Å². The molecule has 0 unspecified atom stereocenters. The topological polar surface area (TPSA) is 49.8 Å². The van der Waals surface area contributed by atoms with Crippen LogP contribution < -0.4 is 4.74 Å². The number of piperidine rings is 1. The van der Waals surface area contributed by atoms with Crippen molar-refractivity contribution < 1.29 is 27.8 Å². The monoisotopic (exact) mass is 477 g/mol. The number of carbonyl (C=O) groups is 1. The van der Waals surface area contributed by atoms with Gasteiger partial charge in [0.2, 0.25) is 0 Å². The molecule has 0 aromatic heterocycles. The van der Waals surface area contributed by atoms with Crippen molar-refractivity contribution in [3.63, 3.8) is 0 Å². The Labute approximate surface area is 199 Å². The fourth-order valence-corrected chi connectivity index (χ4v) is 5.58. The van der Waals surface area contributed by atoms with E-state index in [0.717, 1.165) is 50.6 Å². The molecule has 1 aliphatic heterocycles. The first kappa shape index (κ1) is 24.8. The largest absolute Gasteiger partial charge is 0.490 e. The van der Waals surface area contributed by atoms with Crippen molar-refractivity contribution in [2.75, 3.05) is 13.1 Å². The highest BCUT2D eigenvalue weighted by Crippen LogP contribution is 2.43. The molecule has 2 aromatic carbocycles. The fourth-order valence-electron chi connectivity index (χ4n) is 5.58. The van der Waals surface area contributed by atoms with Gasteiger partial charge in [0.15, 0.2) is 0 Å². The van der Waals surface area contributed by atoms with Crippen LogP contribution in [0.15, 0.2) is 30.3 Å². The minimum absolute atomic E-state index is 0.00418. The Morgan fingerprint density at radius 1 is 1.15 bits per heavy atom. The second-order valence-electron chi connectivity index (χ2n) is 10.2. The number of alkyl halides is 3. The van der Waals surface area contributed by atoms with Crippen molar-refractivity contribution in [3.05, 3.63) is 41.5 Å². The van der Waals surface area contributed by atoms with Crippen LogP contribution in [0.3, 0.4) is 0 Å². The van der Waals surface area contributed by atoms with Gasteiger partial charge in [-0.05, 0) is 92.3 Å². The third kappa shape index (κ3) is 5.68. The molecule has 0 amide bonds. The number of hydrogen-bond donors (Lipinski definition) is 1. The molecule has 1 heterocycles. The molecule has 7 heteroatoms. The van der Waals surface area contributed by atoms with Crippen molar-refractivity contribution >= 4 is 16.7 Å². The quantitative estimate of drug-likeness (QED) is 0.484. The van der Waals surface area contributed by atoms with E-state index in [1.807, 2.05) is 13.0 Å². The average molecular weight is 478 g/mol. The van der Waals surface area contributed by atoms with E-state index in [2.05, 4.69) is 11.8 Å². The number of carboxylic acids is 1. The molecule has 1 N–H and O–H groups in total. The number of likely N-dealkylation sites (tertiary alicyclic amines) is 1. The smallest absolute Gasteiger partial charge is 0.420 e. The minimum atomic E-state index is -4.51. The molecule has 2 aromatic rings. The lowest BCUT2D eigenvalue weighted by molar-refractivity contribution is -0.139. The number of rotatable bonds is 6. The summed E-state index contributed by atoms with van der Waals surface area (Å²) >= 11 is 0. The zero-order valence-corrected chi connectivity index (χ0v) is 19.9. The van der Waals surface area contributed by atoms with Crippen molar-refractivity contribution in [2.45, 2.75) is 77.1 Å². The highest BCUT2D eigenvalue weighted by Gasteiger charge is 2.37. The van der Waals surface area contributed by atoms with E-state index in [9.17, 15) is 18.0 Å². The van der Waals surface area contributed by atoms with Crippen LogP contribution in [0.25, 0.3) is 10.8 Å². The van der Waals surface area contributed by atoms with Gasteiger partial charge in [0.05, 0.1) is 6.10 Å². The second kappa shape index (κ2) is 10.1.